The summed E-state index contributed by atoms with van der Waals surface area (Å²) in [7, 11) is 0. The van der Waals surface area contributed by atoms with E-state index < -0.39 is 6.04 Å². The van der Waals surface area contributed by atoms with E-state index in [1.54, 1.807) is 24.7 Å². The minimum atomic E-state index is -0.638. The van der Waals surface area contributed by atoms with Crippen LogP contribution in [-0.4, -0.2) is 21.9 Å². The molecule has 0 aliphatic heterocycles. The minimum Gasteiger partial charge on any atom is -0.351 e. The zero-order chi connectivity index (χ0) is 13.7. The summed E-state index contributed by atoms with van der Waals surface area (Å²) in [6, 6.07) is 5.31. The predicted molar refractivity (Wildman–Crippen MR) is 68.5 cm³/mol. The van der Waals surface area contributed by atoms with Gasteiger partial charge in [-0.05, 0) is 17.7 Å². The normalized spacial score (nSPS) is 12.1. The first-order valence-electron chi connectivity index (χ1n) is 5.90. The van der Waals surface area contributed by atoms with Gasteiger partial charge in [0.2, 0.25) is 5.91 Å². The van der Waals surface area contributed by atoms with Crippen molar-refractivity contribution in [1.29, 1.82) is 0 Å². The van der Waals surface area contributed by atoms with Crippen LogP contribution in [0.15, 0.2) is 36.8 Å². The number of hydrogen-bond acceptors (Lipinski definition) is 3. The number of H-pyrrole nitrogens is 1. The Balaban J connectivity index is 1.82. The molecule has 4 N–H and O–H groups in total. The van der Waals surface area contributed by atoms with Crippen LogP contribution >= 0.6 is 0 Å². The molecule has 1 aromatic carbocycles. The van der Waals surface area contributed by atoms with E-state index in [0.29, 0.717) is 13.0 Å². The Hall–Kier alpha value is -2.21. The highest BCUT2D eigenvalue weighted by Gasteiger charge is 2.14. The molecule has 1 amide bonds. The highest BCUT2D eigenvalue weighted by Crippen LogP contribution is 2.02. The van der Waals surface area contributed by atoms with Crippen molar-refractivity contribution in [3.05, 3.63) is 53.9 Å². The van der Waals surface area contributed by atoms with Gasteiger partial charge in [-0.25, -0.2) is 9.37 Å². The van der Waals surface area contributed by atoms with E-state index in [0.717, 1.165) is 11.3 Å². The summed E-state index contributed by atoms with van der Waals surface area (Å²) in [6.07, 6.45) is 3.57. The van der Waals surface area contributed by atoms with Crippen LogP contribution in [0.1, 0.15) is 11.3 Å². The average molecular weight is 262 g/mol. The van der Waals surface area contributed by atoms with Crippen molar-refractivity contribution in [3.8, 4) is 0 Å². The number of amides is 1. The second kappa shape index (κ2) is 6.10. The number of carbonyl (C=O) groups is 1. The largest absolute Gasteiger partial charge is 0.351 e. The average Bonchev–Trinajstić information content (AvgIpc) is 2.90. The molecule has 0 radical (unpaired) electrons. The molecule has 2 aromatic rings. The second-order valence-electron chi connectivity index (χ2n) is 4.23. The Kier molecular flexibility index (Phi) is 4.25. The van der Waals surface area contributed by atoms with Gasteiger partial charge in [-0.2, -0.15) is 0 Å². The molecule has 2 rings (SSSR count). The van der Waals surface area contributed by atoms with Crippen molar-refractivity contribution in [2.75, 3.05) is 0 Å². The molecule has 1 heterocycles. The van der Waals surface area contributed by atoms with Crippen molar-refractivity contribution in [2.24, 2.45) is 5.73 Å². The topological polar surface area (TPSA) is 83.8 Å². The number of halogens is 1. The minimum absolute atomic E-state index is 0.251. The van der Waals surface area contributed by atoms with Gasteiger partial charge in [-0.3, -0.25) is 4.79 Å². The van der Waals surface area contributed by atoms with Crippen LogP contribution in [0.2, 0.25) is 0 Å². The summed E-state index contributed by atoms with van der Waals surface area (Å²) >= 11 is 0. The van der Waals surface area contributed by atoms with E-state index in [1.807, 2.05) is 0 Å². The van der Waals surface area contributed by atoms with Gasteiger partial charge in [0.25, 0.3) is 0 Å². The highest BCUT2D eigenvalue weighted by atomic mass is 19.1. The lowest BCUT2D eigenvalue weighted by Crippen LogP contribution is -2.41. The third kappa shape index (κ3) is 3.89. The molecule has 6 heteroatoms. The number of carbonyl (C=O) groups excluding carboxylic acids is 1. The molecule has 0 saturated heterocycles. The molecule has 0 aliphatic carbocycles. The molecular weight excluding hydrogens is 247 g/mol. The standard InChI is InChI=1S/C13H15FN4O/c14-10-3-1-9(2-4-10)6-17-13(19)12(15)5-11-7-16-8-18-11/h1-4,7-8,12H,5-6,15H2,(H,16,18)(H,17,19). The summed E-state index contributed by atoms with van der Waals surface area (Å²) in [6.45, 7) is 0.329. The fourth-order valence-electron chi connectivity index (χ4n) is 1.65. The maximum Gasteiger partial charge on any atom is 0.237 e. The zero-order valence-corrected chi connectivity index (χ0v) is 10.3. The Labute approximate surface area is 110 Å². The number of aromatic nitrogens is 2. The highest BCUT2D eigenvalue weighted by molar-refractivity contribution is 5.81. The zero-order valence-electron chi connectivity index (χ0n) is 10.3. The molecule has 0 fully saturated rings. The van der Waals surface area contributed by atoms with Crippen LogP contribution in [0.25, 0.3) is 0 Å². The lowest BCUT2D eigenvalue weighted by molar-refractivity contribution is -0.122. The van der Waals surface area contributed by atoms with E-state index in [-0.39, 0.29) is 11.7 Å². The molecule has 100 valence electrons. The number of rotatable bonds is 5. The summed E-state index contributed by atoms with van der Waals surface area (Å²) in [5.41, 5.74) is 7.41. The maximum absolute atomic E-state index is 12.7. The van der Waals surface area contributed by atoms with Crippen LogP contribution in [-0.2, 0) is 17.8 Å². The van der Waals surface area contributed by atoms with E-state index >= 15 is 0 Å². The van der Waals surface area contributed by atoms with Gasteiger partial charge in [0.05, 0.1) is 12.4 Å². The molecule has 19 heavy (non-hydrogen) atoms. The Morgan fingerprint density at radius 3 is 2.79 bits per heavy atom. The molecule has 0 spiro atoms. The Morgan fingerprint density at radius 2 is 2.16 bits per heavy atom. The summed E-state index contributed by atoms with van der Waals surface area (Å²) < 4.78 is 12.7. The number of aromatic amines is 1. The van der Waals surface area contributed by atoms with E-state index in [2.05, 4.69) is 15.3 Å². The lowest BCUT2D eigenvalue weighted by Gasteiger charge is -2.11. The van der Waals surface area contributed by atoms with Crippen LogP contribution in [0, 0.1) is 5.82 Å². The predicted octanol–water partition coefficient (Wildman–Crippen LogP) is 0.735. The van der Waals surface area contributed by atoms with Crippen molar-refractivity contribution < 1.29 is 9.18 Å². The molecule has 0 bridgehead atoms. The van der Waals surface area contributed by atoms with Crippen LogP contribution in [0.5, 0.6) is 0 Å². The molecule has 0 aliphatic rings. The number of nitrogens with two attached hydrogens (primary N) is 1. The number of benzene rings is 1. The van der Waals surface area contributed by atoms with Gasteiger partial charge in [0.1, 0.15) is 5.82 Å². The molecule has 1 unspecified atom stereocenters. The van der Waals surface area contributed by atoms with Crippen LogP contribution < -0.4 is 11.1 Å². The van der Waals surface area contributed by atoms with E-state index in [1.165, 1.54) is 12.1 Å². The molecule has 1 atom stereocenters. The second-order valence-corrected chi connectivity index (χ2v) is 4.23. The number of imidazole rings is 1. The SMILES string of the molecule is NC(Cc1cnc[nH]1)C(=O)NCc1ccc(F)cc1. The van der Waals surface area contributed by atoms with Gasteiger partial charge >= 0.3 is 0 Å². The van der Waals surface area contributed by atoms with Crippen LogP contribution in [0.3, 0.4) is 0 Å². The van der Waals surface area contributed by atoms with Crippen molar-refractivity contribution in [2.45, 2.75) is 19.0 Å². The number of nitrogens with one attached hydrogen (secondary N) is 2. The quantitative estimate of drug-likeness (QED) is 0.743. The van der Waals surface area contributed by atoms with Gasteiger partial charge in [0, 0.05) is 24.9 Å². The first kappa shape index (κ1) is 13.2. The Morgan fingerprint density at radius 1 is 1.42 bits per heavy atom. The van der Waals surface area contributed by atoms with E-state index in [9.17, 15) is 9.18 Å². The number of hydrogen-bond donors (Lipinski definition) is 3. The van der Waals surface area contributed by atoms with Gasteiger partial charge in [-0.15, -0.1) is 0 Å². The molecular formula is C13H15FN4O. The fraction of sp³-hybridized carbons (Fsp3) is 0.231. The van der Waals surface area contributed by atoms with Gasteiger partial charge < -0.3 is 16.0 Å². The van der Waals surface area contributed by atoms with Crippen molar-refractivity contribution in [1.82, 2.24) is 15.3 Å². The third-order valence-electron chi connectivity index (χ3n) is 2.71. The molecule has 0 saturated carbocycles. The first-order chi connectivity index (χ1) is 9.15. The van der Waals surface area contributed by atoms with Crippen molar-refractivity contribution >= 4 is 5.91 Å². The third-order valence-corrected chi connectivity index (χ3v) is 2.71. The summed E-state index contributed by atoms with van der Waals surface area (Å²) in [5.74, 6) is -0.551. The first-order valence-corrected chi connectivity index (χ1v) is 5.90. The number of nitrogens with zero attached hydrogens (tertiary/aromatic N) is 1. The molecule has 1 aromatic heterocycles. The van der Waals surface area contributed by atoms with Crippen LogP contribution in [0.4, 0.5) is 4.39 Å². The monoisotopic (exact) mass is 262 g/mol. The summed E-state index contributed by atoms with van der Waals surface area (Å²) in [5, 5.41) is 2.71. The lowest BCUT2D eigenvalue weighted by atomic mass is 10.1. The van der Waals surface area contributed by atoms with Gasteiger partial charge in [-0.1, -0.05) is 12.1 Å². The summed E-state index contributed by atoms with van der Waals surface area (Å²) in [4.78, 5) is 18.5. The Bertz CT molecular complexity index is 524. The van der Waals surface area contributed by atoms with Gasteiger partial charge in [0.15, 0.2) is 0 Å². The molecule has 5 nitrogen and oxygen atoms in total. The maximum atomic E-state index is 12.7. The van der Waals surface area contributed by atoms with Crippen molar-refractivity contribution in [3.63, 3.8) is 0 Å². The van der Waals surface area contributed by atoms with E-state index in [4.69, 9.17) is 5.73 Å². The fourth-order valence-corrected chi connectivity index (χ4v) is 1.65. The smallest absolute Gasteiger partial charge is 0.237 e.